The summed E-state index contributed by atoms with van der Waals surface area (Å²) in [6.45, 7) is 2.11. The molecule has 0 saturated carbocycles. The quantitative estimate of drug-likeness (QED) is 0.688. The van der Waals surface area contributed by atoms with Crippen LogP contribution >= 0.6 is 11.3 Å². The molecule has 0 aliphatic rings. The maximum absolute atomic E-state index is 5.37. The van der Waals surface area contributed by atoms with Crippen molar-refractivity contribution in [3.05, 3.63) is 41.6 Å². The van der Waals surface area contributed by atoms with Gasteiger partial charge in [0.1, 0.15) is 0 Å². The van der Waals surface area contributed by atoms with E-state index in [1.807, 2.05) is 25.4 Å². The Bertz CT molecular complexity index is 634. The maximum atomic E-state index is 5.37. The third-order valence-corrected chi connectivity index (χ3v) is 3.75. The Morgan fingerprint density at radius 3 is 2.82 bits per heavy atom. The summed E-state index contributed by atoms with van der Waals surface area (Å²) in [5.41, 5.74) is 1.12. The molecule has 0 saturated heterocycles. The van der Waals surface area contributed by atoms with E-state index in [-0.39, 0.29) is 0 Å². The minimum absolute atomic E-state index is 0.798. The van der Waals surface area contributed by atoms with Crippen LogP contribution in [0.1, 0.15) is 4.88 Å². The Morgan fingerprint density at radius 1 is 1.29 bits per heavy atom. The molecule has 0 fully saturated rings. The molecule has 0 atom stereocenters. The van der Waals surface area contributed by atoms with E-state index >= 15 is 0 Å². The summed E-state index contributed by atoms with van der Waals surface area (Å²) in [5, 5.41) is 0. The van der Waals surface area contributed by atoms with Gasteiger partial charge in [0.25, 0.3) is 0 Å². The minimum Gasteiger partial charge on any atom is -0.461 e. The number of hydrogen-bond donors (Lipinski definition) is 0. The van der Waals surface area contributed by atoms with Gasteiger partial charge in [0, 0.05) is 11.9 Å². The second-order valence-corrected chi connectivity index (χ2v) is 5.20. The number of aromatic nitrogens is 2. The van der Waals surface area contributed by atoms with Crippen LogP contribution < -0.4 is 0 Å². The van der Waals surface area contributed by atoms with E-state index in [1.54, 1.807) is 17.6 Å². The second kappa shape index (κ2) is 3.89. The Balaban J connectivity index is 2.09. The smallest absolute Gasteiger partial charge is 0.176 e. The van der Waals surface area contributed by atoms with Crippen molar-refractivity contribution in [2.24, 2.45) is 7.05 Å². The van der Waals surface area contributed by atoms with E-state index in [2.05, 4.69) is 28.6 Å². The lowest BCUT2D eigenvalue weighted by Crippen LogP contribution is -1.93. The lowest BCUT2D eigenvalue weighted by molar-refractivity contribution is 0.574. The Labute approximate surface area is 103 Å². The predicted molar refractivity (Wildman–Crippen MR) is 69.0 cm³/mol. The van der Waals surface area contributed by atoms with Crippen molar-refractivity contribution in [1.29, 1.82) is 0 Å². The Morgan fingerprint density at radius 2 is 2.18 bits per heavy atom. The molecule has 4 heteroatoms. The van der Waals surface area contributed by atoms with Crippen molar-refractivity contribution < 1.29 is 4.42 Å². The van der Waals surface area contributed by atoms with Gasteiger partial charge < -0.3 is 8.98 Å². The zero-order valence-corrected chi connectivity index (χ0v) is 10.5. The van der Waals surface area contributed by atoms with Crippen LogP contribution in [0.3, 0.4) is 0 Å². The molecule has 0 amide bonds. The van der Waals surface area contributed by atoms with Gasteiger partial charge in [-0.15, -0.1) is 11.3 Å². The highest BCUT2D eigenvalue weighted by Gasteiger charge is 2.13. The van der Waals surface area contributed by atoms with Crippen molar-refractivity contribution in [1.82, 2.24) is 9.55 Å². The van der Waals surface area contributed by atoms with Crippen molar-refractivity contribution in [3.63, 3.8) is 0 Å². The fraction of sp³-hybridized carbons (Fsp3) is 0.154. The summed E-state index contributed by atoms with van der Waals surface area (Å²) in [6, 6.07) is 8.05. The van der Waals surface area contributed by atoms with E-state index in [1.165, 1.54) is 9.75 Å². The van der Waals surface area contributed by atoms with Crippen LogP contribution in [0.2, 0.25) is 0 Å². The molecule has 0 aliphatic carbocycles. The summed E-state index contributed by atoms with van der Waals surface area (Å²) in [5.74, 6) is 1.66. The average Bonchev–Trinajstić information content (AvgIpc) is 2.98. The molecule has 0 bridgehead atoms. The second-order valence-electron chi connectivity index (χ2n) is 3.91. The van der Waals surface area contributed by atoms with Crippen LogP contribution in [-0.2, 0) is 7.05 Å². The van der Waals surface area contributed by atoms with Crippen LogP contribution in [-0.4, -0.2) is 9.55 Å². The fourth-order valence-corrected chi connectivity index (χ4v) is 2.76. The molecule has 3 rings (SSSR count). The third-order valence-electron chi connectivity index (χ3n) is 2.72. The lowest BCUT2D eigenvalue weighted by atomic mass is 10.3. The van der Waals surface area contributed by atoms with Crippen LogP contribution in [0.15, 0.2) is 41.1 Å². The summed E-state index contributed by atoms with van der Waals surface area (Å²) < 4.78 is 7.43. The van der Waals surface area contributed by atoms with Crippen molar-refractivity contribution >= 4 is 11.3 Å². The van der Waals surface area contributed by atoms with E-state index < -0.39 is 0 Å². The fourth-order valence-electron chi connectivity index (χ4n) is 1.85. The first-order valence-corrected chi connectivity index (χ1v) is 6.20. The molecule has 0 aliphatic heterocycles. The molecule has 0 N–H and O–H groups in total. The first-order chi connectivity index (χ1) is 8.25. The number of hydrogen-bond acceptors (Lipinski definition) is 3. The molecule has 3 nitrogen and oxygen atoms in total. The van der Waals surface area contributed by atoms with Crippen molar-refractivity contribution in [2.45, 2.75) is 6.92 Å². The topological polar surface area (TPSA) is 31.0 Å². The third kappa shape index (κ3) is 1.70. The van der Waals surface area contributed by atoms with Crippen LogP contribution in [0, 0.1) is 6.92 Å². The molecule has 86 valence electrons. The highest BCUT2D eigenvalue weighted by atomic mass is 32.1. The van der Waals surface area contributed by atoms with Crippen LogP contribution in [0.25, 0.3) is 22.2 Å². The number of rotatable bonds is 2. The van der Waals surface area contributed by atoms with E-state index in [9.17, 15) is 0 Å². The van der Waals surface area contributed by atoms with Crippen LogP contribution in [0.4, 0.5) is 0 Å². The van der Waals surface area contributed by atoms with Gasteiger partial charge in [0.15, 0.2) is 11.6 Å². The number of furan rings is 1. The summed E-state index contributed by atoms with van der Waals surface area (Å²) in [7, 11) is 2.01. The van der Waals surface area contributed by atoms with Gasteiger partial charge in [0.05, 0.1) is 23.0 Å². The van der Waals surface area contributed by atoms with Gasteiger partial charge >= 0.3 is 0 Å². The zero-order chi connectivity index (χ0) is 11.8. The van der Waals surface area contributed by atoms with E-state index in [4.69, 9.17) is 4.42 Å². The monoisotopic (exact) mass is 244 g/mol. The predicted octanol–water partition coefficient (Wildman–Crippen LogP) is 3.72. The van der Waals surface area contributed by atoms with Gasteiger partial charge in [-0.2, -0.15) is 0 Å². The van der Waals surface area contributed by atoms with E-state index in [0.29, 0.717) is 0 Å². The lowest BCUT2D eigenvalue weighted by Gasteiger charge is -2.01. The molecular weight excluding hydrogens is 232 g/mol. The Hall–Kier alpha value is -1.81. The molecule has 3 aromatic heterocycles. The zero-order valence-electron chi connectivity index (χ0n) is 9.68. The van der Waals surface area contributed by atoms with Crippen molar-refractivity contribution in [3.8, 4) is 22.2 Å². The molecule has 3 heterocycles. The first-order valence-electron chi connectivity index (χ1n) is 5.38. The normalized spacial score (nSPS) is 10.9. The summed E-state index contributed by atoms with van der Waals surface area (Å²) in [6.07, 6.45) is 3.56. The SMILES string of the molecule is Cc1ccc(-c2cnc(-c3ccco3)n2C)s1. The first kappa shape index (κ1) is 10.4. The Kier molecular flexibility index (Phi) is 2.37. The van der Waals surface area contributed by atoms with Gasteiger partial charge in [-0.1, -0.05) is 0 Å². The summed E-state index contributed by atoms with van der Waals surface area (Å²) >= 11 is 1.77. The summed E-state index contributed by atoms with van der Waals surface area (Å²) in [4.78, 5) is 6.96. The van der Waals surface area contributed by atoms with Gasteiger partial charge in [0.2, 0.25) is 0 Å². The molecule has 0 unspecified atom stereocenters. The van der Waals surface area contributed by atoms with Gasteiger partial charge in [-0.3, -0.25) is 0 Å². The number of imidazole rings is 1. The minimum atomic E-state index is 0.798. The number of nitrogens with zero attached hydrogens (tertiary/aromatic N) is 2. The largest absolute Gasteiger partial charge is 0.461 e. The molecule has 17 heavy (non-hydrogen) atoms. The average molecular weight is 244 g/mol. The van der Waals surface area contributed by atoms with Gasteiger partial charge in [-0.25, -0.2) is 4.98 Å². The van der Waals surface area contributed by atoms with Crippen LogP contribution in [0.5, 0.6) is 0 Å². The van der Waals surface area contributed by atoms with Crippen molar-refractivity contribution in [2.75, 3.05) is 0 Å². The molecule has 0 spiro atoms. The molecular formula is C13H12N2OS. The van der Waals surface area contributed by atoms with E-state index in [0.717, 1.165) is 17.3 Å². The molecule has 3 aromatic rings. The maximum Gasteiger partial charge on any atom is 0.176 e. The highest BCUT2D eigenvalue weighted by molar-refractivity contribution is 7.15. The number of aryl methyl sites for hydroxylation is 1. The molecule has 0 aromatic carbocycles. The standard InChI is InChI=1S/C13H12N2OS/c1-9-5-6-12(17-9)10-8-14-13(15(10)2)11-4-3-7-16-11/h3-8H,1-2H3. The molecule has 0 radical (unpaired) electrons. The highest BCUT2D eigenvalue weighted by Crippen LogP contribution is 2.30. The van der Waals surface area contributed by atoms with Gasteiger partial charge in [-0.05, 0) is 31.2 Å². The number of thiophene rings is 1.